The summed E-state index contributed by atoms with van der Waals surface area (Å²) in [6, 6.07) is 8.75. The Kier molecular flexibility index (Phi) is 2.27. The highest BCUT2D eigenvalue weighted by atomic mass is 16.5. The third kappa shape index (κ3) is 1.80. The molecule has 0 aliphatic carbocycles. The van der Waals surface area contributed by atoms with Crippen LogP contribution >= 0.6 is 0 Å². The van der Waals surface area contributed by atoms with Crippen LogP contribution in [0.3, 0.4) is 0 Å². The average Bonchev–Trinajstić information content (AvgIpc) is 2.72. The van der Waals surface area contributed by atoms with Crippen molar-refractivity contribution in [3.63, 3.8) is 0 Å². The van der Waals surface area contributed by atoms with E-state index >= 15 is 0 Å². The lowest BCUT2D eigenvalue weighted by atomic mass is 10.3. The summed E-state index contributed by atoms with van der Waals surface area (Å²) in [4.78, 5) is 15.0. The van der Waals surface area contributed by atoms with Crippen molar-refractivity contribution in [2.75, 3.05) is 0 Å². The van der Waals surface area contributed by atoms with E-state index in [9.17, 15) is 4.79 Å². The molecule has 0 atom stereocenters. The molecule has 4 nitrogen and oxygen atoms in total. The summed E-state index contributed by atoms with van der Waals surface area (Å²) in [5, 5.41) is 0. The predicted molar refractivity (Wildman–Crippen MR) is 47.9 cm³/mol. The van der Waals surface area contributed by atoms with Crippen LogP contribution < -0.4 is 4.74 Å². The summed E-state index contributed by atoms with van der Waals surface area (Å²) in [7, 11) is 0. The number of oxazole rings is 1. The molecule has 70 valence electrons. The first-order chi connectivity index (χ1) is 6.86. The second-order valence-corrected chi connectivity index (χ2v) is 2.54. The zero-order chi connectivity index (χ0) is 9.80. The van der Waals surface area contributed by atoms with Crippen molar-refractivity contribution >= 4 is 5.97 Å². The van der Waals surface area contributed by atoms with E-state index < -0.39 is 5.97 Å². The zero-order valence-corrected chi connectivity index (χ0v) is 7.21. The van der Waals surface area contributed by atoms with Gasteiger partial charge in [0.1, 0.15) is 12.0 Å². The summed E-state index contributed by atoms with van der Waals surface area (Å²) in [6.45, 7) is 0. The first-order valence-corrected chi connectivity index (χ1v) is 4.03. The standard InChI is InChI=1S/C10H7NO3/c12-10(9-11-6-7-13-9)14-8-4-2-1-3-5-8/h1-7H. The van der Waals surface area contributed by atoms with Gasteiger partial charge in [-0.15, -0.1) is 0 Å². The fraction of sp³-hybridized carbons (Fsp3) is 0. The van der Waals surface area contributed by atoms with Gasteiger partial charge in [-0.2, -0.15) is 0 Å². The maximum atomic E-state index is 11.3. The largest absolute Gasteiger partial charge is 0.440 e. The molecule has 14 heavy (non-hydrogen) atoms. The summed E-state index contributed by atoms with van der Waals surface area (Å²) < 4.78 is 9.75. The molecule has 0 aliphatic heterocycles. The molecular formula is C10H7NO3. The van der Waals surface area contributed by atoms with Gasteiger partial charge in [-0.3, -0.25) is 0 Å². The molecule has 0 amide bonds. The Morgan fingerprint density at radius 2 is 2.07 bits per heavy atom. The van der Waals surface area contributed by atoms with Gasteiger partial charge in [-0.25, -0.2) is 9.78 Å². The van der Waals surface area contributed by atoms with Crippen molar-refractivity contribution in [1.29, 1.82) is 0 Å². The minimum Gasteiger partial charge on any atom is -0.440 e. The Morgan fingerprint density at radius 3 is 2.71 bits per heavy atom. The van der Waals surface area contributed by atoms with Gasteiger partial charge in [0, 0.05) is 0 Å². The monoisotopic (exact) mass is 189 g/mol. The van der Waals surface area contributed by atoms with E-state index in [0.717, 1.165) is 0 Å². The van der Waals surface area contributed by atoms with Crippen LogP contribution in [-0.4, -0.2) is 11.0 Å². The van der Waals surface area contributed by atoms with Crippen molar-refractivity contribution in [1.82, 2.24) is 4.98 Å². The molecule has 1 aromatic carbocycles. The Morgan fingerprint density at radius 1 is 1.29 bits per heavy atom. The van der Waals surface area contributed by atoms with Crippen molar-refractivity contribution in [2.24, 2.45) is 0 Å². The minimum atomic E-state index is -0.596. The third-order valence-corrected chi connectivity index (χ3v) is 1.56. The molecule has 0 spiro atoms. The topological polar surface area (TPSA) is 52.3 Å². The Hall–Kier alpha value is -2.10. The zero-order valence-electron chi connectivity index (χ0n) is 7.21. The molecular weight excluding hydrogens is 182 g/mol. The first-order valence-electron chi connectivity index (χ1n) is 4.03. The summed E-state index contributed by atoms with van der Waals surface area (Å²) >= 11 is 0. The van der Waals surface area contributed by atoms with Gasteiger partial charge >= 0.3 is 11.9 Å². The van der Waals surface area contributed by atoms with Crippen molar-refractivity contribution in [3.05, 3.63) is 48.7 Å². The number of esters is 1. The Balaban J connectivity index is 2.10. The number of rotatable bonds is 2. The number of hydrogen-bond acceptors (Lipinski definition) is 4. The Labute approximate surface area is 80.1 Å². The predicted octanol–water partition coefficient (Wildman–Crippen LogP) is 1.89. The van der Waals surface area contributed by atoms with Crippen LogP contribution in [0.15, 0.2) is 47.2 Å². The van der Waals surface area contributed by atoms with Crippen molar-refractivity contribution < 1.29 is 13.9 Å². The van der Waals surface area contributed by atoms with Crippen LogP contribution in [0.1, 0.15) is 10.7 Å². The van der Waals surface area contributed by atoms with Gasteiger partial charge in [0.15, 0.2) is 0 Å². The summed E-state index contributed by atoms with van der Waals surface area (Å²) in [5.74, 6) is -0.175. The second kappa shape index (κ2) is 3.74. The molecule has 2 rings (SSSR count). The molecule has 0 bridgehead atoms. The number of benzene rings is 1. The van der Waals surface area contributed by atoms with E-state index in [1.807, 2.05) is 6.07 Å². The van der Waals surface area contributed by atoms with E-state index in [1.54, 1.807) is 24.3 Å². The van der Waals surface area contributed by atoms with Crippen molar-refractivity contribution in [3.8, 4) is 5.75 Å². The van der Waals surface area contributed by atoms with E-state index in [0.29, 0.717) is 5.75 Å². The number of para-hydroxylation sites is 1. The van der Waals surface area contributed by atoms with Crippen LogP contribution in [0.4, 0.5) is 0 Å². The highest BCUT2D eigenvalue weighted by molar-refractivity contribution is 5.85. The molecule has 0 N–H and O–H groups in total. The second-order valence-electron chi connectivity index (χ2n) is 2.54. The number of carbonyl (C=O) groups is 1. The minimum absolute atomic E-state index is 0.0474. The number of carbonyl (C=O) groups excluding carboxylic acids is 1. The van der Waals surface area contributed by atoms with E-state index in [2.05, 4.69) is 4.98 Å². The molecule has 0 fully saturated rings. The van der Waals surface area contributed by atoms with Crippen molar-refractivity contribution in [2.45, 2.75) is 0 Å². The Bertz CT molecular complexity index is 408. The maximum Gasteiger partial charge on any atom is 0.400 e. The highest BCUT2D eigenvalue weighted by Crippen LogP contribution is 2.10. The van der Waals surface area contributed by atoms with Crippen LogP contribution in [0.25, 0.3) is 0 Å². The van der Waals surface area contributed by atoms with Crippen LogP contribution in [-0.2, 0) is 0 Å². The van der Waals surface area contributed by atoms with Crippen LogP contribution in [0, 0.1) is 0 Å². The van der Waals surface area contributed by atoms with Crippen LogP contribution in [0.5, 0.6) is 5.75 Å². The quantitative estimate of drug-likeness (QED) is 0.534. The van der Waals surface area contributed by atoms with Gasteiger partial charge in [0.2, 0.25) is 0 Å². The molecule has 0 unspecified atom stereocenters. The molecule has 1 heterocycles. The number of ether oxygens (including phenoxy) is 1. The fourth-order valence-corrected chi connectivity index (χ4v) is 0.963. The third-order valence-electron chi connectivity index (χ3n) is 1.56. The molecule has 0 radical (unpaired) electrons. The SMILES string of the molecule is O=C(Oc1ccccc1)c1ncco1. The lowest BCUT2D eigenvalue weighted by Gasteiger charge is -1.99. The number of hydrogen-bond donors (Lipinski definition) is 0. The molecule has 1 aromatic heterocycles. The van der Waals surface area contributed by atoms with E-state index in [4.69, 9.17) is 9.15 Å². The van der Waals surface area contributed by atoms with Gasteiger partial charge in [-0.05, 0) is 12.1 Å². The smallest absolute Gasteiger partial charge is 0.400 e. The summed E-state index contributed by atoms with van der Waals surface area (Å²) in [5.41, 5.74) is 0. The highest BCUT2D eigenvalue weighted by Gasteiger charge is 2.12. The lowest BCUT2D eigenvalue weighted by Crippen LogP contribution is -2.08. The molecule has 0 aliphatic rings. The number of aromatic nitrogens is 1. The molecule has 4 heteroatoms. The fourth-order valence-electron chi connectivity index (χ4n) is 0.963. The van der Waals surface area contributed by atoms with Gasteiger partial charge in [0.05, 0.1) is 6.20 Å². The van der Waals surface area contributed by atoms with Gasteiger partial charge in [-0.1, -0.05) is 18.2 Å². The van der Waals surface area contributed by atoms with E-state index in [-0.39, 0.29) is 5.89 Å². The molecule has 0 saturated heterocycles. The lowest BCUT2D eigenvalue weighted by molar-refractivity contribution is 0.0693. The number of nitrogens with zero attached hydrogens (tertiary/aromatic N) is 1. The maximum absolute atomic E-state index is 11.3. The average molecular weight is 189 g/mol. The normalized spacial score (nSPS) is 9.71. The van der Waals surface area contributed by atoms with E-state index in [1.165, 1.54) is 12.5 Å². The molecule has 2 aromatic rings. The van der Waals surface area contributed by atoms with Gasteiger partial charge < -0.3 is 9.15 Å². The molecule has 0 saturated carbocycles. The van der Waals surface area contributed by atoms with Gasteiger partial charge in [0.25, 0.3) is 0 Å². The summed E-state index contributed by atoms with van der Waals surface area (Å²) in [6.07, 6.45) is 2.71. The van der Waals surface area contributed by atoms with Crippen LogP contribution in [0.2, 0.25) is 0 Å². The first kappa shape index (κ1) is 8.50.